The predicted octanol–water partition coefficient (Wildman–Crippen LogP) is 0.198. The summed E-state index contributed by atoms with van der Waals surface area (Å²) in [6.07, 6.45) is 4.09. The first-order valence-corrected chi connectivity index (χ1v) is 5.87. The summed E-state index contributed by atoms with van der Waals surface area (Å²) in [6.45, 7) is -0.989. The van der Waals surface area contributed by atoms with Crippen LogP contribution in [-0.4, -0.2) is 54.2 Å². The zero-order valence-electron chi connectivity index (χ0n) is 10.3. The number of urea groups is 1. The monoisotopic (exact) mass is 258 g/mol. The first kappa shape index (κ1) is 14.4. The van der Waals surface area contributed by atoms with Crippen LogP contribution in [0.5, 0.6) is 0 Å². The largest absolute Gasteiger partial charge is 0.480 e. The van der Waals surface area contributed by atoms with Crippen molar-refractivity contribution in [2.45, 2.75) is 31.7 Å². The Kier molecular flexibility index (Phi) is 5.57. The van der Waals surface area contributed by atoms with Crippen LogP contribution in [0, 0.1) is 0 Å². The summed E-state index contributed by atoms with van der Waals surface area (Å²) in [5.41, 5.74) is 0. The van der Waals surface area contributed by atoms with E-state index in [0.717, 1.165) is 25.7 Å². The van der Waals surface area contributed by atoms with Gasteiger partial charge < -0.3 is 14.7 Å². The second kappa shape index (κ2) is 6.95. The summed E-state index contributed by atoms with van der Waals surface area (Å²) >= 11 is 0. The number of hydrogen-bond donors (Lipinski definition) is 2. The summed E-state index contributed by atoms with van der Waals surface area (Å²) in [5, 5.41) is 10.5. The molecular weight excluding hydrogens is 240 g/mol. The standard InChI is InChI=1S/C11H18N2O5/c1-13(8-4-2-3-5-8)11(17)12-9(14)6-18-7-10(15)16/h8H,2-7H2,1H3,(H,15,16)(H,12,14,17). The Morgan fingerprint density at radius 1 is 1.28 bits per heavy atom. The van der Waals surface area contributed by atoms with Gasteiger partial charge in [0, 0.05) is 13.1 Å². The van der Waals surface area contributed by atoms with Gasteiger partial charge >= 0.3 is 12.0 Å². The molecule has 0 spiro atoms. The number of imide groups is 1. The van der Waals surface area contributed by atoms with Gasteiger partial charge in [-0.15, -0.1) is 0 Å². The lowest BCUT2D eigenvalue weighted by atomic mass is 10.2. The average molecular weight is 258 g/mol. The molecule has 0 saturated heterocycles. The molecule has 1 aliphatic carbocycles. The molecule has 0 aromatic rings. The lowest BCUT2D eigenvalue weighted by Gasteiger charge is -2.23. The highest BCUT2D eigenvalue weighted by Crippen LogP contribution is 2.22. The number of carboxylic acid groups (broad SMARTS) is 1. The molecule has 0 aromatic carbocycles. The molecule has 0 unspecified atom stereocenters. The molecule has 18 heavy (non-hydrogen) atoms. The molecule has 0 atom stereocenters. The van der Waals surface area contributed by atoms with Crippen LogP contribution >= 0.6 is 0 Å². The number of carbonyl (C=O) groups is 3. The normalized spacial score (nSPS) is 15.4. The summed E-state index contributed by atoms with van der Waals surface area (Å²) in [4.78, 5) is 34.6. The van der Waals surface area contributed by atoms with E-state index >= 15 is 0 Å². The van der Waals surface area contributed by atoms with Gasteiger partial charge in [0.05, 0.1) is 0 Å². The molecule has 0 bridgehead atoms. The lowest BCUT2D eigenvalue weighted by molar-refractivity contribution is -0.143. The third-order valence-electron chi connectivity index (χ3n) is 2.90. The van der Waals surface area contributed by atoms with Crippen LogP contribution in [0.3, 0.4) is 0 Å². The molecule has 102 valence electrons. The van der Waals surface area contributed by atoms with E-state index in [-0.39, 0.29) is 6.04 Å². The minimum Gasteiger partial charge on any atom is -0.480 e. The van der Waals surface area contributed by atoms with Crippen molar-refractivity contribution < 1.29 is 24.2 Å². The first-order chi connectivity index (χ1) is 8.50. The van der Waals surface area contributed by atoms with E-state index in [1.54, 1.807) is 7.05 Å². The van der Waals surface area contributed by atoms with Crippen LogP contribution in [0.4, 0.5) is 4.79 Å². The van der Waals surface area contributed by atoms with Crippen molar-refractivity contribution >= 4 is 17.9 Å². The second-order valence-electron chi connectivity index (χ2n) is 4.29. The van der Waals surface area contributed by atoms with Crippen LogP contribution in [0.1, 0.15) is 25.7 Å². The number of amides is 3. The number of aliphatic carboxylic acids is 1. The predicted molar refractivity (Wildman–Crippen MR) is 62.0 cm³/mol. The molecule has 0 aromatic heterocycles. The quantitative estimate of drug-likeness (QED) is 0.734. The molecule has 1 saturated carbocycles. The van der Waals surface area contributed by atoms with Crippen molar-refractivity contribution in [2.75, 3.05) is 20.3 Å². The van der Waals surface area contributed by atoms with Gasteiger partial charge in [-0.05, 0) is 12.8 Å². The fourth-order valence-electron chi connectivity index (χ4n) is 1.93. The van der Waals surface area contributed by atoms with Crippen molar-refractivity contribution in [3.05, 3.63) is 0 Å². The highest BCUT2D eigenvalue weighted by atomic mass is 16.5. The van der Waals surface area contributed by atoms with Crippen LogP contribution in [-0.2, 0) is 14.3 Å². The van der Waals surface area contributed by atoms with Gasteiger partial charge in [0.1, 0.15) is 13.2 Å². The molecular formula is C11H18N2O5. The van der Waals surface area contributed by atoms with E-state index in [1.807, 2.05) is 0 Å². The number of nitrogens with zero attached hydrogens (tertiary/aromatic N) is 1. The number of hydrogen-bond acceptors (Lipinski definition) is 4. The van der Waals surface area contributed by atoms with Crippen molar-refractivity contribution in [1.29, 1.82) is 0 Å². The zero-order valence-corrected chi connectivity index (χ0v) is 10.3. The highest BCUT2D eigenvalue weighted by molar-refractivity contribution is 5.95. The fraction of sp³-hybridized carbons (Fsp3) is 0.727. The molecule has 0 radical (unpaired) electrons. The number of nitrogens with one attached hydrogen (secondary N) is 1. The maximum Gasteiger partial charge on any atom is 0.329 e. The van der Waals surface area contributed by atoms with E-state index in [0.29, 0.717) is 0 Å². The van der Waals surface area contributed by atoms with E-state index in [4.69, 9.17) is 5.11 Å². The molecule has 0 aliphatic heterocycles. The molecule has 7 nitrogen and oxygen atoms in total. The molecule has 1 aliphatic rings. The van der Waals surface area contributed by atoms with Crippen LogP contribution < -0.4 is 5.32 Å². The van der Waals surface area contributed by atoms with Gasteiger partial charge in [-0.3, -0.25) is 10.1 Å². The fourth-order valence-corrected chi connectivity index (χ4v) is 1.93. The summed E-state index contributed by atoms with van der Waals surface area (Å²) in [5.74, 6) is -1.79. The Hall–Kier alpha value is -1.63. The third kappa shape index (κ3) is 4.70. The van der Waals surface area contributed by atoms with Crippen molar-refractivity contribution in [3.8, 4) is 0 Å². The van der Waals surface area contributed by atoms with Gasteiger partial charge in [-0.2, -0.15) is 0 Å². The zero-order chi connectivity index (χ0) is 13.5. The maximum absolute atomic E-state index is 11.7. The van der Waals surface area contributed by atoms with Crippen LogP contribution in [0.2, 0.25) is 0 Å². The second-order valence-corrected chi connectivity index (χ2v) is 4.29. The summed E-state index contributed by atoms with van der Waals surface area (Å²) in [6, 6.07) is -0.288. The Bertz CT molecular complexity index is 325. The number of ether oxygens (including phenoxy) is 1. The maximum atomic E-state index is 11.7. The van der Waals surface area contributed by atoms with Crippen LogP contribution in [0.25, 0.3) is 0 Å². The number of rotatable bonds is 5. The minimum absolute atomic E-state index is 0.178. The van der Waals surface area contributed by atoms with E-state index in [1.165, 1.54) is 4.90 Å². The van der Waals surface area contributed by atoms with Crippen molar-refractivity contribution in [2.24, 2.45) is 0 Å². The molecule has 3 amide bonds. The number of carbonyl (C=O) groups excluding carboxylic acids is 2. The summed E-state index contributed by atoms with van der Waals surface area (Å²) < 4.78 is 4.58. The lowest BCUT2D eigenvalue weighted by Crippen LogP contribution is -2.46. The molecule has 1 rings (SSSR count). The van der Waals surface area contributed by atoms with E-state index in [2.05, 4.69) is 10.1 Å². The Balaban J connectivity index is 2.25. The molecule has 1 fully saturated rings. The van der Waals surface area contributed by atoms with Crippen molar-refractivity contribution in [1.82, 2.24) is 10.2 Å². The van der Waals surface area contributed by atoms with Gasteiger partial charge in [0.25, 0.3) is 5.91 Å². The molecule has 0 heterocycles. The van der Waals surface area contributed by atoms with E-state index < -0.39 is 31.1 Å². The van der Waals surface area contributed by atoms with Crippen LogP contribution in [0.15, 0.2) is 0 Å². The number of carboxylic acids is 1. The van der Waals surface area contributed by atoms with Gasteiger partial charge in [-0.1, -0.05) is 12.8 Å². The molecule has 2 N–H and O–H groups in total. The van der Waals surface area contributed by atoms with Gasteiger partial charge in [0.2, 0.25) is 0 Å². The topological polar surface area (TPSA) is 95.9 Å². The highest BCUT2D eigenvalue weighted by Gasteiger charge is 2.24. The third-order valence-corrected chi connectivity index (χ3v) is 2.90. The van der Waals surface area contributed by atoms with Gasteiger partial charge in [0.15, 0.2) is 0 Å². The first-order valence-electron chi connectivity index (χ1n) is 5.87. The Morgan fingerprint density at radius 2 is 1.89 bits per heavy atom. The minimum atomic E-state index is -1.16. The Morgan fingerprint density at radius 3 is 2.44 bits per heavy atom. The Labute approximate surface area is 105 Å². The SMILES string of the molecule is CN(C(=O)NC(=O)COCC(=O)O)C1CCCC1. The smallest absolute Gasteiger partial charge is 0.329 e. The van der Waals surface area contributed by atoms with E-state index in [9.17, 15) is 14.4 Å². The average Bonchev–Trinajstić information content (AvgIpc) is 2.80. The molecule has 7 heteroatoms. The summed E-state index contributed by atoms with van der Waals surface area (Å²) in [7, 11) is 1.65. The van der Waals surface area contributed by atoms with Crippen molar-refractivity contribution in [3.63, 3.8) is 0 Å². The van der Waals surface area contributed by atoms with Gasteiger partial charge in [-0.25, -0.2) is 9.59 Å².